The van der Waals surface area contributed by atoms with E-state index in [1.165, 1.54) is 12.3 Å². The molecule has 1 saturated heterocycles. The Hall–Kier alpha value is -1.36. The molecule has 0 spiro atoms. The number of amides is 2. The van der Waals surface area contributed by atoms with E-state index in [4.69, 9.17) is 44.3 Å². The Balaban J connectivity index is 2.84. The topological polar surface area (TPSA) is 119 Å². The summed E-state index contributed by atoms with van der Waals surface area (Å²) < 4.78 is 20.1. The van der Waals surface area contributed by atoms with E-state index in [0.717, 1.165) is 4.90 Å². The Bertz CT molecular complexity index is 739. The highest BCUT2D eigenvalue weighted by atomic mass is 35.6. The molecule has 30 heavy (non-hydrogen) atoms. The summed E-state index contributed by atoms with van der Waals surface area (Å²) in [5.41, 5.74) is 0.477. The van der Waals surface area contributed by atoms with Gasteiger partial charge in [-0.05, 0) is 19.4 Å². The third-order valence-electron chi connectivity index (χ3n) is 3.85. The predicted molar refractivity (Wildman–Crippen MR) is 112 cm³/mol. The van der Waals surface area contributed by atoms with Crippen molar-refractivity contribution in [1.29, 1.82) is 0 Å². The van der Waals surface area contributed by atoms with Gasteiger partial charge < -0.3 is 19.7 Å². The molecule has 0 bridgehead atoms. The average Bonchev–Trinajstić information content (AvgIpc) is 2.62. The summed E-state index contributed by atoms with van der Waals surface area (Å²) in [5.74, 6) is -2.19. The second-order valence-corrected chi connectivity index (χ2v) is 10.3. The van der Waals surface area contributed by atoms with Gasteiger partial charge in [-0.25, -0.2) is 0 Å². The monoisotopic (exact) mass is 504 g/mol. The van der Waals surface area contributed by atoms with Crippen LogP contribution in [0.3, 0.4) is 0 Å². The van der Waals surface area contributed by atoms with Gasteiger partial charge in [0.05, 0.1) is 19.1 Å². The Kier molecular flexibility index (Phi) is 10.6. The molecule has 0 aromatic heterocycles. The lowest BCUT2D eigenvalue weighted by Gasteiger charge is -2.47. The second kappa shape index (κ2) is 11.9. The Morgan fingerprint density at radius 2 is 1.83 bits per heavy atom. The number of nitrogens with zero attached hydrogens (tertiary/aromatic N) is 1. The van der Waals surface area contributed by atoms with Gasteiger partial charge in [-0.3, -0.25) is 23.4 Å². The molecular weight excluding hydrogens is 483 g/mol. The minimum atomic E-state index is -1.79. The van der Waals surface area contributed by atoms with Gasteiger partial charge in [0.1, 0.15) is 19.2 Å². The lowest BCUT2D eigenvalue weighted by molar-refractivity contribution is -0.160. The third-order valence-corrected chi connectivity index (χ3v) is 5.42. The molecule has 3 atom stereocenters. The average molecular weight is 506 g/mol. The predicted octanol–water partition coefficient (Wildman–Crippen LogP) is 1.22. The number of carbonyl (C=O) groups excluding carboxylic acids is 4. The number of nitrogens with one attached hydrogen (secondary N) is 1. The maximum absolute atomic E-state index is 12.4. The zero-order chi connectivity index (χ0) is 23.1. The molecule has 170 valence electrons. The van der Waals surface area contributed by atoms with E-state index in [2.05, 4.69) is 5.32 Å². The largest absolute Gasteiger partial charge is 0.466 e. The molecule has 0 aliphatic carbocycles. The number of hydrogen-bond acceptors (Lipinski definition) is 7. The molecule has 1 aliphatic rings. The second-order valence-electron chi connectivity index (χ2n) is 6.37. The van der Waals surface area contributed by atoms with Gasteiger partial charge in [-0.15, -0.1) is 0 Å². The number of β-lactam (4-membered cyclic amide) rings is 1. The van der Waals surface area contributed by atoms with Crippen LogP contribution in [0.1, 0.15) is 27.2 Å². The molecule has 1 fully saturated rings. The van der Waals surface area contributed by atoms with E-state index >= 15 is 0 Å². The minimum Gasteiger partial charge on any atom is -0.466 e. The molecule has 1 rings (SSSR count). The molecule has 13 heteroatoms. The van der Waals surface area contributed by atoms with Crippen LogP contribution in [0.2, 0.25) is 0 Å². The highest BCUT2D eigenvalue weighted by Gasteiger charge is 2.49. The van der Waals surface area contributed by atoms with Crippen molar-refractivity contribution < 1.29 is 32.9 Å². The third kappa shape index (κ3) is 8.79. The van der Waals surface area contributed by atoms with Gasteiger partial charge in [0.25, 0.3) is 0 Å². The lowest BCUT2D eigenvalue weighted by atomic mass is 9.89. The van der Waals surface area contributed by atoms with Crippen LogP contribution >= 0.6 is 34.8 Å². The zero-order valence-corrected chi connectivity index (χ0v) is 19.7. The first-order chi connectivity index (χ1) is 13.9. The number of alkyl halides is 3. The number of ether oxygens (including phenoxy) is 2. The lowest BCUT2D eigenvalue weighted by Crippen LogP contribution is -2.71. The Morgan fingerprint density at radius 3 is 2.37 bits per heavy atom. The minimum absolute atomic E-state index is 0.0317. The fourth-order valence-electron chi connectivity index (χ4n) is 2.69. The highest BCUT2D eigenvalue weighted by molar-refractivity contribution is 7.88. The van der Waals surface area contributed by atoms with Crippen LogP contribution in [-0.2, 0) is 39.5 Å². The Labute approximate surface area is 191 Å². The van der Waals surface area contributed by atoms with Crippen LogP contribution in [0.25, 0.3) is 0 Å². The first-order valence-electron chi connectivity index (χ1n) is 8.86. The van der Waals surface area contributed by atoms with Crippen molar-refractivity contribution in [1.82, 2.24) is 10.2 Å². The molecule has 1 aliphatic heterocycles. The number of rotatable bonds is 10. The quantitative estimate of drug-likeness (QED) is 0.269. The first-order valence-corrected chi connectivity index (χ1v) is 11.4. The van der Waals surface area contributed by atoms with E-state index < -0.39 is 63.6 Å². The van der Waals surface area contributed by atoms with Crippen LogP contribution < -0.4 is 5.32 Å². The summed E-state index contributed by atoms with van der Waals surface area (Å²) in [7, 11) is -1.53. The van der Waals surface area contributed by atoms with Crippen molar-refractivity contribution in [3.8, 4) is 0 Å². The Morgan fingerprint density at radius 1 is 1.20 bits per heavy atom. The number of esters is 2. The molecule has 1 heterocycles. The molecule has 1 N–H and O–H groups in total. The van der Waals surface area contributed by atoms with Gasteiger partial charge in [-0.1, -0.05) is 34.8 Å². The molecular formula is C17H23Cl3N2O7S. The number of likely N-dealkylation sites (tertiary alicyclic amines) is 1. The van der Waals surface area contributed by atoms with Gasteiger partial charge >= 0.3 is 11.9 Å². The summed E-state index contributed by atoms with van der Waals surface area (Å²) in [4.78, 5) is 48.3. The molecule has 0 saturated carbocycles. The molecule has 9 nitrogen and oxygen atoms in total. The van der Waals surface area contributed by atoms with Crippen LogP contribution in [0, 0.1) is 0 Å². The maximum Gasteiger partial charge on any atom is 0.325 e. The molecule has 0 aromatic rings. The van der Waals surface area contributed by atoms with E-state index in [1.807, 2.05) is 0 Å². The number of halogens is 3. The van der Waals surface area contributed by atoms with Crippen LogP contribution in [0.4, 0.5) is 0 Å². The van der Waals surface area contributed by atoms with Crippen molar-refractivity contribution in [2.75, 3.05) is 25.5 Å². The van der Waals surface area contributed by atoms with Crippen LogP contribution in [0.15, 0.2) is 11.0 Å². The normalized spacial score (nSPS) is 20.3. The number of hydrogen-bond donors (Lipinski definition) is 1. The summed E-state index contributed by atoms with van der Waals surface area (Å²) in [6, 6.07) is -1.63. The van der Waals surface area contributed by atoms with Crippen molar-refractivity contribution in [2.24, 2.45) is 0 Å². The van der Waals surface area contributed by atoms with Gasteiger partial charge in [-0.2, -0.15) is 0 Å². The molecule has 0 radical (unpaired) electrons. The van der Waals surface area contributed by atoms with Crippen molar-refractivity contribution in [3.63, 3.8) is 0 Å². The van der Waals surface area contributed by atoms with E-state index in [-0.39, 0.29) is 18.8 Å². The zero-order valence-electron chi connectivity index (χ0n) is 16.6. The summed E-state index contributed by atoms with van der Waals surface area (Å²) in [6.45, 7) is 3.81. The van der Waals surface area contributed by atoms with Crippen LogP contribution in [-0.4, -0.2) is 74.2 Å². The fraction of sp³-hybridized carbons (Fsp3) is 0.647. The summed E-state index contributed by atoms with van der Waals surface area (Å²) in [6.07, 6.45) is -0.0317. The van der Waals surface area contributed by atoms with Crippen molar-refractivity contribution in [2.45, 2.75) is 43.1 Å². The van der Waals surface area contributed by atoms with Gasteiger partial charge in [0, 0.05) is 28.9 Å². The van der Waals surface area contributed by atoms with Crippen molar-refractivity contribution in [3.05, 3.63) is 11.0 Å². The van der Waals surface area contributed by atoms with E-state index in [1.54, 1.807) is 13.8 Å². The summed E-state index contributed by atoms with van der Waals surface area (Å²) >= 11 is 16.6. The maximum atomic E-state index is 12.4. The first kappa shape index (κ1) is 26.7. The summed E-state index contributed by atoms with van der Waals surface area (Å²) in [5, 5.41) is 3.88. The van der Waals surface area contributed by atoms with E-state index in [0.29, 0.717) is 5.57 Å². The highest BCUT2D eigenvalue weighted by Crippen LogP contribution is 2.28. The molecule has 2 amide bonds. The smallest absolute Gasteiger partial charge is 0.325 e. The van der Waals surface area contributed by atoms with E-state index in [9.17, 15) is 23.4 Å². The fourth-order valence-corrected chi connectivity index (χ4v) is 3.90. The SMILES string of the molecule is CCOC(=O)CCS(=O)C=C(C)C1C(NC(C)=O)C(=O)N1CC(=O)OCC(Cl)(Cl)Cl. The number of carbonyl (C=O) groups is 4. The van der Waals surface area contributed by atoms with Gasteiger partial charge in [0.15, 0.2) is 0 Å². The standard InChI is InChI=1S/C17H23Cl3N2O7S/c1-4-28-12(24)5-6-30(27)8-10(2)15-14(21-11(3)23)16(26)22(15)7-13(25)29-9-17(18,19)20/h8,14-15H,4-7,9H2,1-3H3,(H,21,23). The van der Waals surface area contributed by atoms with Gasteiger partial charge in [0.2, 0.25) is 15.6 Å². The van der Waals surface area contributed by atoms with Crippen LogP contribution in [0.5, 0.6) is 0 Å². The molecule has 0 aromatic carbocycles. The molecule has 3 unspecified atom stereocenters. The van der Waals surface area contributed by atoms with Crippen molar-refractivity contribution >= 4 is 69.4 Å².